The molecule has 0 rings (SSSR count). The van der Waals surface area contributed by atoms with Crippen molar-refractivity contribution in [1.29, 1.82) is 0 Å². The Bertz CT molecular complexity index is 251. The van der Waals surface area contributed by atoms with E-state index in [1.807, 2.05) is 12.2 Å². The van der Waals surface area contributed by atoms with E-state index in [9.17, 15) is 0 Å². The lowest BCUT2D eigenvalue weighted by Crippen LogP contribution is -2.41. The van der Waals surface area contributed by atoms with Crippen LogP contribution in [0.4, 0.5) is 0 Å². The predicted octanol–water partition coefficient (Wildman–Crippen LogP) is 4.16. The normalized spacial score (nSPS) is 15.2. The van der Waals surface area contributed by atoms with Crippen LogP contribution in [0.3, 0.4) is 0 Å². The average Bonchev–Trinajstić information content (AvgIpc) is 2.21. The van der Waals surface area contributed by atoms with Crippen molar-refractivity contribution in [1.82, 2.24) is 0 Å². The van der Waals surface area contributed by atoms with Crippen LogP contribution >= 0.6 is 0 Å². The maximum Gasteiger partial charge on any atom is 0.191 e. The molecule has 0 saturated carbocycles. The van der Waals surface area contributed by atoms with Crippen molar-refractivity contribution in [2.24, 2.45) is 0 Å². The summed E-state index contributed by atoms with van der Waals surface area (Å²) in [5, 5.41) is 0.270. The fourth-order valence-electron chi connectivity index (χ4n) is 1.14. The lowest BCUT2D eigenvalue weighted by Gasteiger charge is -2.36. The van der Waals surface area contributed by atoms with Gasteiger partial charge in [-0.2, -0.15) is 0 Å². The topological polar surface area (TPSA) is 18.5 Å². The molecule has 0 saturated heterocycles. The van der Waals surface area contributed by atoms with Gasteiger partial charge in [-0.1, -0.05) is 45.6 Å². The SMILES string of the molecule is C=C/C=C/[C@@H](CCO[Si](C)(C)C(C)(C)C)OC. The van der Waals surface area contributed by atoms with Gasteiger partial charge in [0.1, 0.15) is 0 Å². The smallest absolute Gasteiger partial charge is 0.191 e. The van der Waals surface area contributed by atoms with Crippen molar-refractivity contribution in [2.45, 2.75) is 51.4 Å². The average molecular weight is 256 g/mol. The number of ether oxygens (including phenoxy) is 1. The molecule has 0 spiro atoms. The van der Waals surface area contributed by atoms with E-state index in [0.29, 0.717) is 0 Å². The van der Waals surface area contributed by atoms with Crippen LogP contribution in [0.5, 0.6) is 0 Å². The first-order valence-electron chi connectivity index (χ1n) is 6.20. The van der Waals surface area contributed by atoms with Crippen molar-refractivity contribution in [3.8, 4) is 0 Å². The van der Waals surface area contributed by atoms with E-state index in [1.54, 1.807) is 13.2 Å². The van der Waals surface area contributed by atoms with Crippen LogP contribution < -0.4 is 0 Å². The van der Waals surface area contributed by atoms with E-state index in [0.717, 1.165) is 13.0 Å². The predicted molar refractivity (Wildman–Crippen MR) is 77.9 cm³/mol. The second kappa shape index (κ2) is 7.14. The molecular formula is C14H28O2Si. The van der Waals surface area contributed by atoms with Gasteiger partial charge in [0.25, 0.3) is 0 Å². The Labute approximate surface area is 108 Å². The molecule has 100 valence electrons. The third-order valence-corrected chi connectivity index (χ3v) is 7.97. The summed E-state index contributed by atoms with van der Waals surface area (Å²) in [6.45, 7) is 15.7. The van der Waals surface area contributed by atoms with Crippen LogP contribution in [0, 0.1) is 0 Å². The van der Waals surface area contributed by atoms with Crippen LogP contribution in [-0.4, -0.2) is 28.1 Å². The first kappa shape index (κ1) is 16.6. The molecule has 0 bridgehead atoms. The second-order valence-electron chi connectivity index (χ2n) is 5.79. The molecular weight excluding hydrogens is 228 g/mol. The maximum atomic E-state index is 6.11. The van der Waals surface area contributed by atoms with Crippen molar-refractivity contribution in [2.75, 3.05) is 13.7 Å². The van der Waals surface area contributed by atoms with E-state index < -0.39 is 8.32 Å². The standard InChI is InChI=1S/C14H28O2Si/c1-8-9-10-13(15-5)11-12-16-17(6,7)14(2,3)4/h8-10,13H,1,11-12H2,2-7H3/b10-9+/t13-/m0/s1. The minimum absolute atomic E-state index is 0.123. The fraction of sp³-hybridized carbons (Fsp3) is 0.714. The molecule has 0 fully saturated rings. The van der Waals surface area contributed by atoms with Gasteiger partial charge in [0.15, 0.2) is 8.32 Å². The zero-order valence-electron chi connectivity index (χ0n) is 12.2. The number of rotatable bonds is 7. The molecule has 0 aliphatic carbocycles. The molecule has 0 aliphatic heterocycles. The van der Waals surface area contributed by atoms with Gasteiger partial charge < -0.3 is 9.16 Å². The Balaban J connectivity index is 4.13. The first-order valence-corrected chi connectivity index (χ1v) is 9.11. The summed E-state index contributed by atoms with van der Waals surface area (Å²) in [7, 11) is 0.111. The Hall–Kier alpha value is -0.383. The summed E-state index contributed by atoms with van der Waals surface area (Å²) in [6, 6.07) is 0. The van der Waals surface area contributed by atoms with Crippen LogP contribution in [0.15, 0.2) is 24.8 Å². The molecule has 0 aromatic rings. The highest BCUT2D eigenvalue weighted by molar-refractivity contribution is 6.74. The van der Waals surface area contributed by atoms with Gasteiger partial charge >= 0.3 is 0 Å². The second-order valence-corrected chi connectivity index (χ2v) is 10.6. The molecule has 0 heterocycles. The Morgan fingerprint density at radius 1 is 1.29 bits per heavy atom. The van der Waals surface area contributed by atoms with Gasteiger partial charge in [0.05, 0.1) is 6.10 Å². The molecule has 17 heavy (non-hydrogen) atoms. The van der Waals surface area contributed by atoms with Crippen molar-refractivity contribution >= 4 is 8.32 Å². The summed E-state index contributed by atoms with van der Waals surface area (Å²) < 4.78 is 11.5. The molecule has 0 aliphatic rings. The van der Waals surface area contributed by atoms with E-state index in [4.69, 9.17) is 9.16 Å². The van der Waals surface area contributed by atoms with Crippen molar-refractivity contribution < 1.29 is 9.16 Å². The highest BCUT2D eigenvalue weighted by Gasteiger charge is 2.36. The lowest BCUT2D eigenvalue weighted by molar-refractivity contribution is 0.114. The molecule has 2 nitrogen and oxygen atoms in total. The van der Waals surface area contributed by atoms with E-state index in [1.165, 1.54) is 0 Å². The van der Waals surface area contributed by atoms with Gasteiger partial charge in [-0.15, -0.1) is 0 Å². The maximum absolute atomic E-state index is 6.11. The summed E-state index contributed by atoms with van der Waals surface area (Å²) >= 11 is 0. The van der Waals surface area contributed by atoms with Gasteiger partial charge in [0, 0.05) is 13.7 Å². The minimum atomic E-state index is -1.62. The monoisotopic (exact) mass is 256 g/mol. The molecule has 0 aromatic heterocycles. The summed E-state index contributed by atoms with van der Waals surface area (Å²) in [5.41, 5.74) is 0. The Morgan fingerprint density at radius 2 is 1.88 bits per heavy atom. The van der Waals surface area contributed by atoms with Gasteiger partial charge in [-0.05, 0) is 24.6 Å². The van der Waals surface area contributed by atoms with E-state index in [-0.39, 0.29) is 11.1 Å². The molecule has 3 heteroatoms. The van der Waals surface area contributed by atoms with Crippen LogP contribution in [0.2, 0.25) is 18.1 Å². The zero-order chi connectivity index (χ0) is 13.5. The third kappa shape index (κ3) is 6.20. The molecule has 0 unspecified atom stereocenters. The molecule has 0 radical (unpaired) electrons. The third-order valence-electron chi connectivity index (χ3n) is 3.44. The van der Waals surface area contributed by atoms with E-state index in [2.05, 4.69) is 40.4 Å². The Kier molecular flexibility index (Phi) is 6.98. The molecule has 0 N–H and O–H groups in total. The van der Waals surface area contributed by atoms with Crippen LogP contribution in [0.1, 0.15) is 27.2 Å². The van der Waals surface area contributed by atoms with Gasteiger partial charge in [-0.3, -0.25) is 0 Å². The quantitative estimate of drug-likeness (QED) is 0.503. The van der Waals surface area contributed by atoms with Crippen molar-refractivity contribution in [3.63, 3.8) is 0 Å². The van der Waals surface area contributed by atoms with Crippen LogP contribution in [0.25, 0.3) is 0 Å². The highest BCUT2D eigenvalue weighted by Crippen LogP contribution is 2.36. The summed E-state index contributed by atoms with van der Waals surface area (Å²) in [4.78, 5) is 0. The summed E-state index contributed by atoms with van der Waals surface area (Å²) in [5.74, 6) is 0. The molecule has 0 aromatic carbocycles. The van der Waals surface area contributed by atoms with Gasteiger partial charge in [0.2, 0.25) is 0 Å². The zero-order valence-corrected chi connectivity index (χ0v) is 13.2. The van der Waals surface area contributed by atoms with Crippen molar-refractivity contribution in [3.05, 3.63) is 24.8 Å². The number of allylic oxidation sites excluding steroid dienone is 2. The van der Waals surface area contributed by atoms with Gasteiger partial charge in [-0.25, -0.2) is 0 Å². The largest absolute Gasteiger partial charge is 0.417 e. The molecule has 0 amide bonds. The minimum Gasteiger partial charge on any atom is -0.417 e. The number of hydrogen-bond acceptors (Lipinski definition) is 2. The van der Waals surface area contributed by atoms with Crippen LogP contribution in [-0.2, 0) is 9.16 Å². The first-order chi connectivity index (χ1) is 7.74. The number of methoxy groups -OCH3 is 1. The van der Waals surface area contributed by atoms with E-state index >= 15 is 0 Å². The lowest BCUT2D eigenvalue weighted by atomic mass is 10.2. The summed E-state index contributed by atoms with van der Waals surface area (Å²) in [6.07, 6.45) is 6.72. The Morgan fingerprint density at radius 3 is 2.29 bits per heavy atom. The highest BCUT2D eigenvalue weighted by atomic mass is 28.4. The molecule has 1 atom stereocenters. The number of hydrogen-bond donors (Lipinski definition) is 0. The fourth-order valence-corrected chi connectivity index (χ4v) is 2.20.